The fraction of sp³-hybridized carbons (Fsp3) is 0.500. The predicted octanol–water partition coefficient (Wildman–Crippen LogP) is 2.36. The number of hydrogen-bond acceptors (Lipinski definition) is 7. The Balaban J connectivity index is 1.99. The van der Waals surface area contributed by atoms with Crippen molar-refractivity contribution in [3.63, 3.8) is 0 Å². The van der Waals surface area contributed by atoms with Crippen molar-refractivity contribution in [2.75, 3.05) is 25.1 Å². The molecule has 1 aromatic carbocycles. The van der Waals surface area contributed by atoms with Crippen molar-refractivity contribution in [1.29, 1.82) is 0 Å². The molecule has 108 valence electrons. The molecule has 0 saturated carbocycles. The Bertz CT molecular complexity index is 584. The van der Waals surface area contributed by atoms with Crippen LogP contribution >= 0.6 is 0 Å². The number of nitro groups is 1. The molecular formula is C12H16N4O4. The first-order valence-corrected chi connectivity index (χ1v) is 6.45. The van der Waals surface area contributed by atoms with Crippen LogP contribution in [0.25, 0.3) is 11.0 Å². The number of nitrogens with one attached hydrogen (secondary N) is 1. The first-order chi connectivity index (χ1) is 9.74. The van der Waals surface area contributed by atoms with E-state index in [0.29, 0.717) is 24.4 Å². The van der Waals surface area contributed by atoms with Crippen molar-refractivity contribution in [2.24, 2.45) is 0 Å². The van der Waals surface area contributed by atoms with Gasteiger partial charge in [0.1, 0.15) is 0 Å². The van der Waals surface area contributed by atoms with E-state index in [-0.39, 0.29) is 11.2 Å². The molecule has 8 heteroatoms. The van der Waals surface area contributed by atoms with Crippen molar-refractivity contribution in [3.05, 3.63) is 22.2 Å². The fourth-order valence-corrected chi connectivity index (χ4v) is 1.75. The summed E-state index contributed by atoms with van der Waals surface area (Å²) in [4.78, 5) is 10.3. The lowest BCUT2D eigenvalue weighted by atomic mass is 10.2. The van der Waals surface area contributed by atoms with Crippen LogP contribution in [0.1, 0.15) is 19.8 Å². The van der Waals surface area contributed by atoms with Gasteiger partial charge in [-0.2, -0.15) is 0 Å². The summed E-state index contributed by atoms with van der Waals surface area (Å²) in [6.45, 7) is 3.99. The second-order valence-electron chi connectivity index (χ2n) is 4.24. The number of hydrogen-bond donors (Lipinski definition) is 1. The maximum absolute atomic E-state index is 10.8. The average Bonchev–Trinajstić information content (AvgIpc) is 2.91. The van der Waals surface area contributed by atoms with Crippen LogP contribution in [-0.2, 0) is 4.74 Å². The molecule has 0 aliphatic carbocycles. The zero-order valence-corrected chi connectivity index (χ0v) is 11.2. The molecule has 0 aliphatic heterocycles. The van der Waals surface area contributed by atoms with Gasteiger partial charge >= 0.3 is 5.69 Å². The Labute approximate surface area is 115 Å². The molecule has 0 fully saturated rings. The standard InChI is InChI=1S/C12H16N4O4/c1-2-3-7-19-8-6-13-9-4-5-10(16(17)18)12-11(9)14-20-15-12/h4-5,13H,2-3,6-8H2,1H3. The Morgan fingerprint density at radius 2 is 2.15 bits per heavy atom. The fourth-order valence-electron chi connectivity index (χ4n) is 1.75. The topological polar surface area (TPSA) is 103 Å². The van der Waals surface area contributed by atoms with Crippen molar-refractivity contribution >= 4 is 22.4 Å². The van der Waals surface area contributed by atoms with Crippen LogP contribution < -0.4 is 5.32 Å². The minimum Gasteiger partial charge on any atom is -0.381 e. The van der Waals surface area contributed by atoms with Gasteiger partial charge in [0.25, 0.3) is 0 Å². The zero-order chi connectivity index (χ0) is 14.4. The lowest BCUT2D eigenvalue weighted by Crippen LogP contribution is -2.10. The van der Waals surface area contributed by atoms with E-state index in [1.165, 1.54) is 6.07 Å². The summed E-state index contributed by atoms with van der Waals surface area (Å²) in [6, 6.07) is 2.98. The SMILES string of the molecule is CCCCOCCNc1ccc([N+](=O)[O-])c2nonc12. The maximum Gasteiger partial charge on any atom is 0.300 e. The van der Waals surface area contributed by atoms with Gasteiger partial charge in [0.05, 0.1) is 17.2 Å². The number of nitro benzene ring substituents is 1. The Hall–Kier alpha value is -2.22. The van der Waals surface area contributed by atoms with E-state index in [1.807, 2.05) is 0 Å². The molecule has 20 heavy (non-hydrogen) atoms. The molecule has 1 N–H and O–H groups in total. The van der Waals surface area contributed by atoms with E-state index in [4.69, 9.17) is 4.74 Å². The first kappa shape index (κ1) is 14.2. The molecule has 0 saturated heterocycles. The highest BCUT2D eigenvalue weighted by Gasteiger charge is 2.19. The average molecular weight is 280 g/mol. The van der Waals surface area contributed by atoms with Gasteiger partial charge in [-0.05, 0) is 22.8 Å². The minimum atomic E-state index is -0.510. The number of non-ortho nitro benzene ring substituents is 1. The summed E-state index contributed by atoms with van der Waals surface area (Å²) < 4.78 is 10.0. The number of nitrogens with zero attached hydrogens (tertiary/aromatic N) is 3. The third-order valence-electron chi connectivity index (χ3n) is 2.79. The minimum absolute atomic E-state index is 0.119. The normalized spacial score (nSPS) is 10.8. The van der Waals surface area contributed by atoms with Gasteiger partial charge in [-0.3, -0.25) is 10.1 Å². The van der Waals surface area contributed by atoms with Crippen LogP contribution in [0.2, 0.25) is 0 Å². The molecule has 0 spiro atoms. The summed E-state index contributed by atoms with van der Waals surface area (Å²) in [5, 5.41) is 21.2. The van der Waals surface area contributed by atoms with Crippen LogP contribution in [0.15, 0.2) is 16.8 Å². The van der Waals surface area contributed by atoms with Gasteiger partial charge < -0.3 is 10.1 Å². The van der Waals surface area contributed by atoms with Gasteiger partial charge in [0.15, 0.2) is 5.52 Å². The van der Waals surface area contributed by atoms with Crippen molar-refractivity contribution < 1.29 is 14.3 Å². The van der Waals surface area contributed by atoms with Crippen LogP contribution in [0.5, 0.6) is 0 Å². The summed E-state index contributed by atoms with van der Waals surface area (Å²) in [5.41, 5.74) is 1.02. The van der Waals surface area contributed by atoms with Crippen LogP contribution in [0.3, 0.4) is 0 Å². The van der Waals surface area contributed by atoms with Gasteiger partial charge in [0.2, 0.25) is 5.52 Å². The Morgan fingerprint density at radius 1 is 1.35 bits per heavy atom. The van der Waals surface area contributed by atoms with Crippen molar-refractivity contribution in [2.45, 2.75) is 19.8 Å². The molecule has 8 nitrogen and oxygen atoms in total. The van der Waals surface area contributed by atoms with E-state index >= 15 is 0 Å². The largest absolute Gasteiger partial charge is 0.381 e. The zero-order valence-electron chi connectivity index (χ0n) is 11.2. The van der Waals surface area contributed by atoms with E-state index in [2.05, 4.69) is 27.2 Å². The highest BCUT2D eigenvalue weighted by Crippen LogP contribution is 2.28. The van der Waals surface area contributed by atoms with E-state index in [9.17, 15) is 10.1 Å². The number of ether oxygens (including phenoxy) is 1. The van der Waals surface area contributed by atoms with Crippen LogP contribution in [0, 0.1) is 10.1 Å². The molecule has 0 unspecified atom stereocenters. The molecule has 2 aromatic rings. The summed E-state index contributed by atoms with van der Waals surface area (Å²) in [7, 11) is 0. The highest BCUT2D eigenvalue weighted by molar-refractivity contribution is 5.93. The molecule has 0 amide bonds. The summed E-state index contributed by atoms with van der Waals surface area (Å²) in [6.07, 6.45) is 2.13. The number of rotatable bonds is 8. The second-order valence-corrected chi connectivity index (χ2v) is 4.24. The Morgan fingerprint density at radius 3 is 2.90 bits per heavy atom. The third-order valence-corrected chi connectivity index (χ3v) is 2.79. The predicted molar refractivity (Wildman–Crippen MR) is 72.7 cm³/mol. The first-order valence-electron chi connectivity index (χ1n) is 6.45. The second kappa shape index (κ2) is 6.80. The van der Waals surface area contributed by atoms with Crippen molar-refractivity contribution in [3.8, 4) is 0 Å². The smallest absolute Gasteiger partial charge is 0.300 e. The number of fused-ring (bicyclic) bond motifs is 1. The maximum atomic E-state index is 10.8. The molecule has 0 aliphatic rings. The number of unbranched alkanes of at least 4 members (excludes halogenated alkanes) is 1. The van der Waals surface area contributed by atoms with Gasteiger partial charge in [0, 0.05) is 19.2 Å². The van der Waals surface area contributed by atoms with Gasteiger partial charge in [-0.15, -0.1) is 0 Å². The van der Waals surface area contributed by atoms with Gasteiger partial charge in [-0.25, -0.2) is 4.63 Å². The Kier molecular flexibility index (Phi) is 4.83. The van der Waals surface area contributed by atoms with E-state index in [1.54, 1.807) is 6.07 Å². The lowest BCUT2D eigenvalue weighted by Gasteiger charge is -2.07. The molecular weight excluding hydrogens is 264 g/mol. The monoisotopic (exact) mass is 280 g/mol. The molecule has 0 radical (unpaired) electrons. The number of anilines is 1. The molecule has 2 rings (SSSR count). The number of aromatic nitrogens is 2. The van der Waals surface area contributed by atoms with E-state index in [0.717, 1.165) is 19.4 Å². The molecule has 1 heterocycles. The van der Waals surface area contributed by atoms with Crippen molar-refractivity contribution in [1.82, 2.24) is 10.3 Å². The van der Waals surface area contributed by atoms with Crippen LogP contribution in [-0.4, -0.2) is 35.0 Å². The van der Waals surface area contributed by atoms with E-state index < -0.39 is 4.92 Å². The molecule has 1 aromatic heterocycles. The lowest BCUT2D eigenvalue weighted by molar-refractivity contribution is -0.383. The quantitative estimate of drug-likeness (QED) is 0.449. The summed E-state index contributed by atoms with van der Waals surface area (Å²) >= 11 is 0. The molecule has 0 bridgehead atoms. The van der Waals surface area contributed by atoms with Gasteiger partial charge in [-0.1, -0.05) is 13.3 Å². The highest BCUT2D eigenvalue weighted by atomic mass is 16.6. The van der Waals surface area contributed by atoms with Crippen LogP contribution in [0.4, 0.5) is 11.4 Å². The summed E-state index contributed by atoms with van der Waals surface area (Å²) in [5.74, 6) is 0. The molecule has 0 atom stereocenters. The third kappa shape index (κ3) is 3.21. The number of benzene rings is 1.